The molecule has 10 rings (SSSR count). The van der Waals surface area contributed by atoms with Crippen LogP contribution in [0, 0.1) is 0 Å². The smallest absolute Gasteiger partial charge is 0.252 e. The van der Waals surface area contributed by atoms with Gasteiger partial charge >= 0.3 is 0 Å². The number of rotatable bonds is 1. The molecule has 0 N–H and O–H groups in total. The van der Waals surface area contributed by atoms with Gasteiger partial charge in [-0.25, -0.2) is 0 Å². The molecule has 1 fully saturated rings. The summed E-state index contributed by atoms with van der Waals surface area (Å²) in [6.07, 6.45) is 5.08. The first-order valence-corrected chi connectivity index (χ1v) is 16.5. The molecule has 0 aromatic heterocycles. The summed E-state index contributed by atoms with van der Waals surface area (Å²) >= 11 is 0. The van der Waals surface area contributed by atoms with Crippen molar-refractivity contribution in [2.24, 2.45) is 0 Å². The Morgan fingerprint density at radius 1 is 0.568 bits per heavy atom. The summed E-state index contributed by atoms with van der Waals surface area (Å²) in [5, 5.41) is 0. The van der Waals surface area contributed by atoms with Crippen molar-refractivity contribution in [3.63, 3.8) is 0 Å². The number of anilines is 5. The molecule has 5 aromatic rings. The summed E-state index contributed by atoms with van der Waals surface area (Å²) in [4.78, 5) is 5.49. The highest BCUT2D eigenvalue weighted by Crippen LogP contribution is 2.64. The van der Waals surface area contributed by atoms with Gasteiger partial charge in [0.25, 0.3) is 6.71 Å². The lowest BCUT2D eigenvalue weighted by Gasteiger charge is -2.53. The van der Waals surface area contributed by atoms with E-state index in [0.29, 0.717) is 0 Å². The summed E-state index contributed by atoms with van der Waals surface area (Å²) in [6, 6.07) is 39.4. The van der Waals surface area contributed by atoms with Crippen LogP contribution in [0.1, 0.15) is 70.1 Å². The van der Waals surface area contributed by atoms with E-state index in [1.807, 2.05) is 0 Å². The highest BCUT2D eigenvalue weighted by atomic mass is 15.3. The normalized spacial score (nSPS) is 24.2. The second-order valence-electron chi connectivity index (χ2n) is 14.8. The van der Waals surface area contributed by atoms with Gasteiger partial charge in [0.15, 0.2) is 0 Å². The van der Waals surface area contributed by atoms with Crippen LogP contribution in [-0.4, -0.2) is 12.3 Å². The van der Waals surface area contributed by atoms with Crippen LogP contribution in [0.15, 0.2) is 103 Å². The van der Waals surface area contributed by atoms with Gasteiger partial charge in [0.2, 0.25) is 0 Å². The highest BCUT2D eigenvalue weighted by Gasteiger charge is 2.62. The van der Waals surface area contributed by atoms with E-state index >= 15 is 0 Å². The third-order valence-electron chi connectivity index (χ3n) is 12.6. The average molecular weight is 569 g/mol. The molecule has 0 radical (unpaired) electrons. The molecule has 0 amide bonds. The Bertz CT molecular complexity index is 2060. The Labute approximate surface area is 261 Å². The maximum Gasteiger partial charge on any atom is 0.252 e. The first-order chi connectivity index (χ1) is 21.3. The van der Waals surface area contributed by atoms with Crippen molar-refractivity contribution in [1.82, 2.24) is 0 Å². The lowest BCUT2D eigenvalue weighted by Crippen LogP contribution is -2.65. The van der Waals surface area contributed by atoms with E-state index in [2.05, 4.69) is 141 Å². The maximum atomic E-state index is 2.83. The predicted molar refractivity (Wildman–Crippen MR) is 186 cm³/mol. The summed E-state index contributed by atoms with van der Waals surface area (Å²) in [5.74, 6) is 0. The fraction of sp³-hybridized carbons (Fsp3) is 0.268. The minimum Gasteiger partial charge on any atom is -0.335 e. The average Bonchev–Trinajstić information content (AvgIpc) is 3.27. The van der Waals surface area contributed by atoms with E-state index < -0.39 is 0 Å². The lowest BCUT2D eigenvalue weighted by atomic mass is 9.33. The molecule has 0 saturated heterocycles. The van der Waals surface area contributed by atoms with E-state index in [1.165, 1.54) is 92.8 Å². The molecule has 5 aliphatic rings. The third kappa shape index (κ3) is 2.73. The molecular weight excluding hydrogens is 531 g/mol. The minimum atomic E-state index is -0.112. The molecule has 2 nitrogen and oxygen atoms in total. The monoisotopic (exact) mass is 568 g/mol. The van der Waals surface area contributed by atoms with Gasteiger partial charge in [-0.1, -0.05) is 119 Å². The molecule has 44 heavy (non-hydrogen) atoms. The molecule has 0 bridgehead atoms. The summed E-state index contributed by atoms with van der Waals surface area (Å²) < 4.78 is 0. The highest BCUT2D eigenvalue weighted by molar-refractivity contribution is 7.00. The van der Waals surface area contributed by atoms with Gasteiger partial charge < -0.3 is 9.80 Å². The SMILES string of the molecule is CC1(C)c2ccccc2N2c3cc(-c4ccccc4)ccc3B3c4ccccc4N4c5c(cc1c2c53)C1(C)CCCCC41C. The van der Waals surface area contributed by atoms with Crippen molar-refractivity contribution in [2.75, 3.05) is 9.80 Å². The Kier molecular flexibility index (Phi) is 4.61. The molecule has 5 aromatic carbocycles. The fourth-order valence-corrected chi connectivity index (χ4v) is 10.2. The van der Waals surface area contributed by atoms with Gasteiger partial charge in [-0.15, -0.1) is 0 Å². The Morgan fingerprint density at radius 3 is 2.11 bits per heavy atom. The van der Waals surface area contributed by atoms with Crippen molar-refractivity contribution in [1.29, 1.82) is 0 Å². The number of fused-ring (bicyclic) bond motifs is 11. The second-order valence-corrected chi connectivity index (χ2v) is 14.8. The minimum absolute atomic E-state index is 0.0500. The summed E-state index contributed by atoms with van der Waals surface area (Å²) in [7, 11) is 0. The van der Waals surface area contributed by atoms with Gasteiger partial charge in [-0.2, -0.15) is 0 Å². The van der Waals surface area contributed by atoms with Crippen molar-refractivity contribution in [2.45, 2.75) is 69.7 Å². The van der Waals surface area contributed by atoms with Crippen molar-refractivity contribution in [3.8, 4) is 11.1 Å². The van der Waals surface area contributed by atoms with Crippen LogP contribution in [0.5, 0.6) is 0 Å². The van der Waals surface area contributed by atoms with Gasteiger partial charge in [0.05, 0.1) is 11.2 Å². The molecule has 4 heterocycles. The van der Waals surface area contributed by atoms with Gasteiger partial charge in [0.1, 0.15) is 0 Å². The summed E-state index contributed by atoms with van der Waals surface area (Å²) in [5.41, 5.74) is 18.5. The number of para-hydroxylation sites is 2. The molecular formula is C41H37BN2. The molecule has 4 aliphatic heterocycles. The third-order valence-corrected chi connectivity index (χ3v) is 12.6. The van der Waals surface area contributed by atoms with Crippen molar-refractivity contribution < 1.29 is 0 Å². The van der Waals surface area contributed by atoms with Crippen LogP contribution in [0.3, 0.4) is 0 Å². The molecule has 0 spiro atoms. The number of benzene rings is 5. The first-order valence-electron chi connectivity index (χ1n) is 16.5. The second kappa shape index (κ2) is 8.07. The van der Waals surface area contributed by atoms with Gasteiger partial charge in [-0.05, 0) is 82.2 Å². The van der Waals surface area contributed by atoms with E-state index in [9.17, 15) is 0 Å². The largest absolute Gasteiger partial charge is 0.335 e. The number of nitrogens with zero attached hydrogens (tertiary/aromatic N) is 2. The van der Waals surface area contributed by atoms with Crippen LogP contribution >= 0.6 is 0 Å². The molecule has 2 atom stereocenters. The van der Waals surface area contributed by atoms with Crippen LogP contribution in [0.4, 0.5) is 28.4 Å². The van der Waals surface area contributed by atoms with E-state index in [0.717, 1.165) is 0 Å². The fourth-order valence-electron chi connectivity index (χ4n) is 10.2. The Morgan fingerprint density at radius 2 is 1.27 bits per heavy atom. The van der Waals surface area contributed by atoms with Crippen molar-refractivity contribution >= 4 is 51.5 Å². The topological polar surface area (TPSA) is 6.48 Å². The van der Waals surface area contributed by atoms with E-state index in [1.54, 1.807) is 5.56 Å². The zero-order chi connectivity index (χ0) is 29.6. The predicted octanol–water partition coefficient (Wildman–Crippen LogP) is 8.35. The first kappa shape index (κ1) is 25.1. The molecule has 1 saturated carbocycles. The Hall–Kier alpha value is -4.24. The van der Waals surface area contributed by atoms with Crippen molar-refractivity contribution in [3.05, 3.63) is 120 Å². The van der Waals surface area contributed by atoms with Crippen LogP contribution in [0.25, 0.3) is 11.1 Å². The molecule has 3 heteroatoms. The zero-order valence-electron chi connectivity index (χ0n) is 26.1. The van der Waals surface area contributed by atoms with Crippen LogP contribution in [0.2, 0.25) is 0 Å². The molecule has 214 valence electrons. The van der Waals surface area contributed by atoms with Crippen LogP contribution < -0.4 is 26.2 Å². The van der Waals surface area contributed by atoms with E-state index in [-0.39, 0.29) is 23.1 Å². The zero-order valence-corrected chi connectivity index (χ0v) is 26.1. The quantitative estimate of drug-likeness (QED) is 0.184. The van der Waals surface area contributed by atoms with Crippen LogP contribution in [-0.2, 0) is 10.8 Å². The van der Waals surface area contributed by atoms with Gasteiger partial charge in [0, 0.05) is 33.6 Å². The maximum absolute atomic E-state index is 2.83. The Balaban J connectivity index is 1.38. The number of hydrogen-bond donors (Lipinski definition) is 0. The lowest BCUT2D eigenvalue weighted by molar-refractivity contribution is 0.195. The summed E-state index contributed by atoms with van der Waals surface area (Å²) in [6.45, 7) is 10.3. The van der Waals surface area contributed by atoms with Gasteiger partial charge in [-0.3, -0.25) is 0 Å². The molecule has 2 unspecified atom stereocenters. The van der Waals surface area contributed by atoms with E-state index in [4.69, 9.17) is 0 Å². The number of hydrogen-bond acceptors (Lipinski definition) is 2. The molecule has 1 aliphatic carbocycles. The standard InChI is InChI=1S/C41H37BN2/c1-39(2)28-16-8-10-18-33(28)43-35-24-27(26-14-6-5-7-15-26)20-21-32(35)42-31-17-9-11-19-34(31)44-38-30(25-29(39)37(43)36(38)42)40(3)22-12-13-23-41(40,44)4/h5-11,14-21,24-25H,12-13,22-23H2,1-4H3.